The van der Waals surface area contributed by atoms with Crippen molar-refractivity contribution in [3.05, 3.63) is 54.1 Å². The van der Waals surface area contributed by atoms with Crippen molar-refractivity contribution in [1.29, 1.82) is 0 Å². The first-order valence-corrected chi connectivity index (χ1v) is 10.9. The number of hydrogen-bond acceptors (Lipinski definition) is 5. The summed E-state index contributed by atoms with van der Waals surface area (Å²) in [6, 6.07) is 15.1. The minimum Gasteiger partial charge on any atom is -0.497 e. The molecule has 3 rings (SSSR count). The average Bonchev–Trinajstić information content (AvgIpc) is 2.69. The number of benzene rings is 2. The van der Waals surface area contributed by atoms with Crippen molar-refractivity contribution in [3.8, 4) is 11.5 Å². The first-order chi connectivity index (χ1) is 13.4. The summed E-state index contributed by atoms with van der Waals surface area (Å²) in [6.07, 6.45) is 1.97. The molecule has 0 aromatic heterocycles. The van der Waals surface area contributed by atoms with E-state index in [2.05, 4.69) is 24.4 Å². The fourth-order valence-corrected chi connectivity index (χ4v) is 4.83. The molecule has 1 heterocycles. The lowest BCUT2D eigenvalue weighted by Gasteiger charge is -2.40. The highest BCUT2D eigenvalue weighted by atomic mass is 32.2. The van der Waals surface area contributed by atoms with Crippen LogP contribution in [0, 0.1) is 0 Å². The van der Waals surface area contributed by atoms with Crippen LogP contribution >= 0.6 is 0 Å². The maximum atomic E-state index is 12.7. The third-order valence-electron chi connectivity index (χ3n) is 5.09. The molecule has 0 radical (unpaired) electrons. The van der Waals surface area contributed by atoms with Crippen molar-refractivity contribution in [3.63, 3.8) is 0 Å². The maximum absolute atomic E-state index is 12.7. The van der Waals surface area contributed by atoms with E-state index < -0.39 is 10.0 Å². The molecule has 1 fully saturated rings. The number of hydrogen-bond donors (Lipinski definition) is 1. The molecule has 1 aliphatic rings. The Balaban J connectivity index is 1.45. The SMILES string of the molecule is COc1ccc(CC[C@@H](C)NC2CN(S(=O)(=O)c3ccc(OC)cc3)C2)cc1. The predicted molar refractivity (Wildman–Crippen MR) is 109 cm³/mol. The molecule has 0 unspecified atom stereocenters. The van der Waals surface area contributed by atoms with Gasteiger partial charge in [0.2, 0.25) is 10.0 Å². The van der Waals surface area contributed by atoms with Crippen LogP contribution in [0.3, 0.4) is 0 Å². The van der Waals surface area contributed by atoms with Crippen LogP contribution in [0.15, 0.2) is 53.4 Å². The van der Waals surface area contributed by atoms with E-state index in [0.29, 0.717) is 29.8 Å². The fraction of sp³-hybridized carbons (Fsp3) is 0.429. The Morgan fingerprint density at radius 3 is 2.07 bits per heavy atom. The van der Waals surface area contributed by atoms with E-state index in [9.17, 15) is 8.42 Å². The van der Waals surface area contributed by atoms with E-state index >= 15 is 0 Å². The Kier molecular flexibility index (Phi) is 6.59. The van der Waals surface area contributed by atoms with Gasteiger partial charge in [0.15, 0.2) is 0 Å². The Hall–Kier alpha value is -2.09. The zero-order valence-corrected chi connectivity index (χ0v) is 17.4. The van der Waals surface area contributed by atoms with Crippen LogP contribution in [-0.2, 0) is 16.4 Å². The third-order valence-corrected chi connectivity index (χ3v) is 6.94. The van der Waals surface area contributed by atoms with Crippen LogP contribution in [0.5, 0.6) is 11.5 Å². The van der Waals surface area contributed by atoms with Crippen LogP contribution in [0.4, 0.5) is 0 Å². The van der Waals surface area contributed by atoms with Crippen molar-refractivity contribution >= 4 is 10.0 Å². The summed E-state index contributed by atoms with van der Waals surface area (Å²) in [5.41, 5.74) is 1.27. The summed E-state index contributed by atoms with van der Waals surface area (Å²) in [6.45, 7) is 3.15. The van der Waals surface area contributed by atoms with Crippen LogP contribution < -0.4 is 14.8 Å². The van der Waals surface area contributed by atoms with Crippen LogP contribution in [0.1, 0.15) is 18.9 Å². The average molecular weight is 405 g/mol. The lowest BCUT2D eigenvalue weighted by atomic mass is 10.0. The lowest BCUT2D eigenvalue weighted by Crippen LogP contribution is -2.61. The minimum absolute atomic E-state index is 0.193. The summed E-state index contributed by atoms with van der Waals surface area (Å²) in [7, 11) is -0.207. The second-order valence-corrected chi connectivity index (χ2v) is 9.09. The molecule has 7 heteroatoms. The summed E-state index contributed by atoms with van der Waals surface area (Å²) < 4.78 is 37.1. The number of sulfonamides is 1. The molecule has 2 aromatic rings. The number of nitrogens with one attached hydrogen (secondary N) is 1. The normalized spacial score (nSPS) is 16.4. The first-order valence-electron chi connectivity index (χ1n) is 9.45. The van der Waals surface area contributed by atoms with Crippen LogP contribution in [-0.4, -0.2) is 52.1 Å². The van der Waals surface area contributed by atoms with E-state index in [1.807, 2.05) is 12.1 Å². The smallest absolute Gasteiger partial charge is 0.243 e. The molecule has 0 aliphatic carbocycles. The number of aryl methyl sites for hydroxylation is 1. The molecule has 152 valence electrons. The van der Waals surface area contributed by atoms with E-state index in [0.717, 1.165) is 18.6 Å². The zero-order chi connectivity index (χ0) is 20.1. The van der Waals surface area contributed by atoms with Crippen molar-refractivity contribution in [2.75, 3.05) is 27.3 Å². The van der Waals surface area contributed by atoms with Gasteiger partial charge in [0.25, 0.3) is 0 Å². The van der Waals surface area contributed by atoms with Gasteiger partial charge in [0, 0.05) is 25.2 Å². The zero-order valence-electron chi connectivity index (χ0n) is 16.6. The molecule has 0 amide bonds. The summed E-state index contributed by atoms with van der Waals surface area (Å²) in [5, 5.41) is 3.53. The summed E-state index contributed by atoms with van der Waals surface area (Å²) in [5.74, 6) is 1.51. The number of nitrogens with zero attached hydrogens (tertiary/aromatic N) is 1. The maximum Gasteiger partial charge on any atom is 0.243 e. The van der Waals surface area contributed by atoms with Crippen LogP contribution in [0.25, 0.3) is 0 Å². The molecule has 0 bridgehead atoms. The Morgan fingerprint density at radius 2 is 1.54 bits per heavy atom. The second-order valence-electron chi connectivity index (χ2n) is 7.15. The summed E-state index contributed by atoms with van der Waals surface area (Å²) in [4.78, 5) is 0.305. The van der Waals surface area contributed by atoms with Gasteiger partial charge in [-0.25, -0.2) is 8.42 Å². The highest BCUT2D eigenvalue weighted by Crippen LogP contribution is 2.24. The molecule has 2 aromatic carbocycles. The fourth-order valence-electron chi connectivity index (χ4n) is 3.30. The van der Waals surface area contributed by atoms with E-state index in [1.165, 1.54) is 9.87 Å². The van der Waals surface area contributed by atoms with Crippen molar-refractivity contribution < 1.29 is 17.9 Å². The number of rotatable bonds is 9. The van der Waals surface area contributed by atoms with E-state index in [-0.39, 0.29) is 6.04 Å². The van der Waals surface area contributed by atoms with Gasteiger partial charge in [-0.2, -0.15) is 4.31 Å². The molecule has 1 aliphatic heterocycles. The van der Waals surface area contributed by atoms with E-state index in [4.69, 9.17) is 9.47 Å². The molecule has 1 atom stereocenters. The minimum atomic E-state index is -3.43. The number of ether oxygens (including phenoxy) is 2. The second kappa shape index (κ2) is 8.94. The van der Waals surface area contributed by atoms with Crippen molar-refractivity contribution in [2.24, 2.45) is 0 Å². The highest BCUT2D eigenvalue weighted by molar-refractivity contribution is 7.89. The molecule has 1 saturated heterocycles. The van der Waals surface area contributed by atoms with Crippen molar-refractivity contribution in [2.45, 2.75) is 36.7 Å². The Bertz CT molecular complexity index is 860. The first kappa shape index (κ1) is 20.6. The quantitative estimate of drug-likeness (QED) is 0.696. The topological polar surface area (TPSA) is 67.9 Å². The van der Waals surface area contributed by atoms with Gasteiger partial charge in [-0.05, 0) is 61.7 Å². The molecular formula is C21H28N2O4S. The largest absolute Gasteiger partial charge is 0.497 e. The predicted octanol–water partition coefficient (Wildman–Crippen LogP) is 2.69. The van der Waals surface area contributed by atoms with Gasteiger partial charge in [0.05, 0.1) is 19.1 Å². The monoisotopic (exact) mass is 404 g/mol. The highest BCUT2D eigenvalue weighted by Gasteiger charge is 2.36. The molecule has 1 N–H and O–H groups in total. The van der Waals surface area contributed by atoms with Gasteiger partial charge >= 0.3 is 0 Å². The standard InChI is InChI=1S/C21H28N2O4S/c1-16(4-5-17-6-8-19(26-2)9-7-17)22-18-14-23(15-18)28(24,25)21-12-10-20(27-3)11-13-21/h6-13,16,18,22H,4-5,14-15H2,1-3H3/t16-/m1/s1. The van der Waals surface area contributed by atoms with Gasteiger partial charge < -0.3 is 14.8 Å². The van der Waals surface area contributed by atoms with Gasteiger partial charge in [-0.3, -0.25) is 0 Å². The Labute approximate surface area is 167 Å². The molecule has 28 heavy (non-hydrogen) atoms. The van der Waals surface area contributed by atoms with Crippen molar-refractivity contribution in [1.82, 2.24) is 9.62 Å². The van der Waals surface area contributed by atoms with Gasteiger partial charge in [-0.1, -0.05) is 12.1 Å². The van der Waals surface area contributed by atoms with Crippen LogP contribution in [0.2, 0.25) is 0 Å². The summed E-state index contributed by atoms with van der Waals surface area (Å²) >= 11 is 0. The number of methoxy groups -OCH3 is 2. The van der Waals surface area contributed by atoms with Gasteiger partial charge in [-0.15, -0.1) is 0 Å². The molecular weight excluding hydrogens is 376 g/mol. The molecule has 6 nitrogen and oxygen atoms in total. The molecule has 0 saturated carbocycles. The third kappa shape index (κ3) is 4.84. The Morgan fingerprint density at radius 1 is 1.00 bits per heavy atom. The van der Waals surface area contributed by atoms with Gasteiger partial charge in [0.1, 0.15) is 11.5 Å². The lowest BCUT2D eigenvalue weighted by molar-refractivity contribution is 0.211. The van der Waals surface area contributed by atoms with E-state index in [1.54, 1.807) is 38.5 Å². The molecule has 0 spiro atoms.